The number of benzene rings is 1. The van der Waals surface area contributed by atoms with Crippen LogP contribution in [0.1, 0.15) is 44.2 Å². The zero-order chi connectivity index (χ0) is 11.6. The Morgan fingerprint density at radius 2 is 2.19 bits per heavy atom. The summed E-state index contributed by atoms with van der Waals surface area (Å²) >= 11 is 0. The Morgan fingerprint density at radius 1 is 1.44 bits per heavy atom. The minimum absolute atomic E-state index is 0.182. The van der Waals surface area contributed by atoms with Crippen molar-refractivity contribution >= 4 is 5.97 Å². The molecule has 86 valence electrons. The second kappa shape index (κ2) is 4.28. The first-order valence-electron chi connectivity index (χ1n) is 5.96. The second-order valence-corrected chi connectivity index (χ2v) is 4.45. The lowest BCUT2D eigenvalue weighted by molar-refractivity contribution is -0.160. The van der Waals surface area contributed by atoms with Crippen LogP contribution in [0.25, 0.3) is 0 Å². The van der Waals surface area contributed by atoms with E-state index in [1.807, 2.05) is 6.07 Å². The summed E-state index contributed by atoms with van der Waals surface area (Å²) in [5, 5.41) is 0. The maximum absolute atomic E-state index is 11.3. The fourth-order valence-electron chi connectivity index (χ4n) is 2.70. The molecule has 0 radical (unpaired) electrons. The van der Waals surface area contributed by atoms with Crippen molar-refractivity contribution in [1.82, 2.24) is 0 Å². The number of rotatable bonds is 2. The van der Waals surface area contributed by atoms with Gasteiger partial charge in [0.05, 0.1) is 0 Å². The molecule has 2 heteroatoms. The number of ether oxygens (including phenoxy) is 1. The highest BCUT2D eigenvalue weighted by Crippen LogP contribution is 2.40. The topological polar surface area (TPSA) is 26.3 Å². The number of hydrogen-bond acceptors (Lipinski definition) is 2. The molecule has 0 amide bonds. The Bertz CT molecular complexity index is 397. The number of aryl methyl sites for hydroxylation is 1. The van der Waals surface area contributed by atoms with Gasteiger partial charge in [-0.1, -0.05) is 31.2 Å². The van der Waals surface area contributed by atoms with Gasteiger partial charge in [-0.05, 0) is 36.8 Å². The van der Waals surface area contributed by atoms with Crippen LogP contribution in [0.3, 0.4) is 0 Å². The molecule has 0 aliphatic heterocycles. The van der Waals surface area contributed by atoms with Crippen molar-refractivity contribution in [2.45, 2.75) is 45.1 Å². The molecule has 1 aromatic rings. The third-order valence-corrected chi connectivity index (χ3v) is 3.45. The molecule has 0 saturated carbocycles. The van der Waals surface area contributed by atoms with E-state index < -0.39 is 0 Å². The van der Waals surface area contributed by atoms with E-state index in [0.29, 0.717) is 0 Å². The molecule has 1 aromatic carbocycles. The van der Waals surface area contributed by atoms with Gasteiger partial charge in [-0.25, -0.2) is 0 Å². The van der Waals surface area contributed by atoms with Crippen LogP contribution in [0.4, 0.5) is 0 Å². The maximum atomic E-state index is 11.3. The van der Waals surface area contributed by atoms with Gasteiger partial charge in [0, 0.05) is 6.92 Å². The predicted octanol–water partition coefficient (Wildman–Crippen LogP) is 3.19. The summed E-state index contributed by atoms with van der Waals surface area (Å²) in [7, 11) is 0. The standard InChI is InChI=1S/C14H18O2/c1-3-14(16-11(2)15)10-6-8-12-7-4-5-9-13(12)14/h4-5,7,9H,3,6,8,10H2,1-2H3. The monoisotopic (exact) mass is 218 g/mol. The van der Waals surface area contributed by atoms with Crippen LogP contribution < -0.4 is 0 Å². The fourth-order valence-corrected chi connectivity index (χ4v) is 2.70. The van der Waals surface area contributed by atoms with Crippen molar-refractivity contribution < 1.29 is 9.53 Å². The normalized spacial score (nSPS) is 23.6. The highest BCUT2D eigenvalue weighted by molar-refractivity contribution is 5.67. The number of carbonyl (C=O) groups excluding carboxylic acids is 1. The number of carbonyl (C=O) groups is 1. The van der Waals surface area contributed by atoms with Gasteiger partial charge in [0.15, 0.2) is 0 Å². The van der Waals surface area contributed by atoms with E-state index in [1.54, 1.807) is 0 Å². The lowest BCUT2D eigenvalue weighted by atomic mass is 9.77. The molecule has 0 heterocycles. The first-order chi connectivity index (χ1) is 7.68. The van der Waals surface area contributed by atoms with Gasteiger partial charge in [0.1, 0.15) is 5.60 Å². The Kier molecular flexibility index (Phi) is 2.99. The summed E-state index contributed by atoms with van der Waals surface area (Å²) in [4.78, 5) is 11.3. The van der Waals surface area contributed by atoms with Crippen molar-refractivity contribution in [2.75, 3.05) is 0 Å². The minimum Gasteiger partial charge on any atom is -0.454 e. The minimum atomic E-state index is -0.374. The van der Waals surface area contributed by atoms with E-state index in [0.717, 1.165) is 25.7 Å². The highest BCUT2D eigenvalue weighted by Gasteiger charge is 2.37. The van der Waals surface area contributed by atoms with Crippen molar-refractivity contribution in [3.63, 3.8) is 0 Å². The molecular weight excluding hydrogens is 200 g/mol. The van der Waals surface area contributed by atoms with Gasteiger partial charge in [-0.2, -0.15) is 0 Å². The molecular formula is C14H18O2. The van der Waals surface area contributed by atoms with Gasteiger partial charge >= 0.3 is 5.97 Å². The SMILES string of the molecule is CCC1(OC(C)=O)CCCc2ccccc21. The summed E-state index contributed by atoms with van der Waals surface area (Å²) in [5.74, 6) is -0.182. The van der Waals surface area contributed by atoms with Gasteiger partial charge in [-0.15, -0.1) is 0 Å². The third kappa shape index (κ3) is 1.84. The molecule has 0 spiro atoms. The van der Waals surface area contributed by atoms with Crippen molar-refractivity contribution in [1.29, 1.82) is 0 Å². The molecule has 2 nitrogen and oxygen atoms in total. The van der Waals surface area contributed by atoms with Crippen LogP contribution in [0, 0.1) is 0 Å². The van der Waals surface area contributed by atoms with E-state index >= 15 is 0 Å². The van der Waals surface area contributed by atoms with Crippen molar-refractivity contribution in [3.05, 3.63) is 35.4 Å². The molecule has 1 aliphatic carbocycles. The van der Waals surface area contributed by atoms with E-state index in [9.17, 15) is 4.79 Å². The van der Waals surface area contributed by atoms with Gasteiger partial charge in [-0.3, -0.25) is 4.79 Å². The second-order valence-electron chi connectivity index (χ2n) is 4.45. The first kappa shape index (κ1) is 11.2. The quantitative estimate of drug-likeness (QED) is 0.712. The van der Waals surface area contributed by atoms with E-state index in [4.69, 9.17) is 4.74 Å². The summed E-state index contributed by atoms with van der Waals surface area (Å²) < 4.78 is 5.62. The average Bonchev–Trinajstić information content (AvgIpc) is 2.29. The van der Waals surface area contributed by atoms with E-state index in [1.165, 1.54) is 18.1 Å². The Balaban J connectivity index is 2.44. The molecule has 1 atom stereocenters. The predicted molar refractivity (Wildman–Crippen MR) is 63.1 cm³/mol. The fraction of sp³-hybridized carbons (Fsp3) is 0.500. The van der Waals surface area contributed by atoms with Crippen LogP contribution in [0.2, 0.25) is 0 Å². The molecule has 0 bridgehead atoms. The van der Waals surface area contributed by atoms with Crippen molar-refractivity contribution in [3.8, 4) is 0 Å². The van der Waals surface area contributed by atoms with E-state index in [-0.39, 0.29) is 11.6 Å². The number of fused-ring (bicyclic) bond motifs is 1. The van der Waals surface area contributed by atoms with Crippen LogP contribution >= 0.6 is 0 Å². The molecule has 0 aromatic heterocycles. The molecule has 0 N–H and O–H groups in total. The average molecular weight is 218 g/mol. The number of esters is 1. The number of hydrogen-bond donors (Lipinski definition) is 0. The van der Waals surface area contributed by atoms with Crippen LogP contribution in [-0.2, 0) is 21.6 Å². The molecule has 1 unspecified atom stereocenters. The molecule has 0 saturated heterocycles. The van der Waals surface area contributed by atoms with Crippen LogP contribution in [0.5, 0.6) is 0 Å². The van der Waals surface area contributed by atoms with Crippen LogP contribution in [0.15, 0.2) is 24.3 Å². The zero-order valence-corrected chi connectivity index (χ0v) is 9.95. The Hall–Kier alpha value is -1.31. The summed E-state index contributed by atoms with van der Waals surface area (Å²) in [6, 6.07) is 8.32. The van der Waals surface area contributed by atoms with Crippen molar-refractivity contribution in [2.24, 2.45) is 0 Å². The highest BCUT2D eigenvalue weighted by atomic mass is 16.6. The largest absolute Gasteiger partial charge is 0.454 e. The van der Waals surface area contributed by atoms with Crippen LogP contribution in [-0.4, -0.2) is 5.97 Å². The van der Waals surface area contributed by atoms with Gasteiger partial charge < -0.3 is 4.74 Å². The lowest BCUT2D eigenvalue weighted by Gasteiger charge is -2.37. The molecule has 2 rings (SSSR count). The maximum Gasteiger partial charge on any atom is 0.303 e. The molecule has 16 heavy (non-hydrogen) atoms. The zero-order valence-electron chi connectivity index (χ0n) is 9.95. The van der Waals surface area contributed by atoms with E-state index in [2.05, 4.69) is 25.1 Å². The smallest absolute Gasteiger partial charge is 0.303 e. The molecule has 0 fully saturated rings. The summed E-state index contributed by atoms with van der Waals surface area (Å²) in [5.41, 5.74) is 2.16. The van der Waals surface area contributed by atoms with Gasteiger partial charge in [0.25, 0.3) is 0 Å². The molecule has 1 aliphatic rings. The Morgan fingerprint density at radius 3 is 2.88 bits per heavy atom. The third-order valence-electron chi connectivity index (χ3n) is 3.45. The lowest BCUT2D eigenvalue weighted by Crippen LogP contribution is -2.34. The summed E-state index contributed by atoms with van der Waals surface area (Å²) in [6.07, 6.45) is 3.99. The summed E-state index contributed by atoms with van der Waals surface area (Å²) in [6.45, 7) is 3.58. The first-order valence-corrected chi connectivity index (χ1v) is 5.96. The van der Waals surface area contributed by atoms with Gasteiger partial charge in [0.2, 0.25) is 0 Å². The Labute approximate surface area is 96.6 Å².